The molecule has 6 nitrogen and oxygen atoms in total. The molecular weight excluding hydrogens is 444 g/mol. The van der Waals surface area contributed by atoms with Crippen LogP contribution in [-0.4, -0.2) is 52.1 Å². The molecule has 0 radical (unpaired) electrons. The molecule has 2 aromatic carbocycles. The molecule has 7 heteroatoms. The van der Waals surface area contributed by atoms with Crippen LogP contribution in [0.5, 0.6) is 0 Å². The fourth-order valence-electron chi connectivity index (χ4n) is 3.89. The molecule has 0 atom stereocenters. The monoisotopic (exact) mass is 476 g/mol. The lowest BCUT2D eigenvalue weighted by atomic mass is 9.92. The molecule has 0 saturated carbocycles. The van der Waals surface area contributed by atoms with Gasteiger partial charge in [0.1, 0.15) is 5.82 Å². The van der Waals surface area contributed by atoms with Crippen LogP contribution in [-0.2, 0) is 17.7 Å². The molecule has 1 fully saturated rings. The van der Waals surface area contributed by atoms with E-state index in [4.69, 9.17) is 15.1 Å². The zero-order chi connectivity index (χ0) is 24.1. The smallest absolute Gasteiger partial charge is 0.335 e. The quantitative estimate of drug-likeness (QED) is 0.376. The van der Waals surface area contributed by atoms with Gasteiger partial charge in [0.25, 0.3) is 0 Å². The summed E-state index contributed by atoms with van der Waals surface area (Å²) in [6.45, 7) is 11.4. The number of hydrogen-bond acceptors (Lipinski definition) is 6. The van der Waals surface area contributed by atoms with Gasteiger partial charge in [-0.2, -0.15) is 0 Å². The summed E-state index contributed by atoms with van der Waals surface area (Å²) >= 11 is 1.59. The molecule has 1 saturated heterocycles. The van der Waals surface area contributed by atoms with E-state index in [1.807, 2.05) is 12.1 Å². The van der Waals surface area contributed by atoms with E-state index in [0.29, 0.717) is 11.3 Å². The Morgan fingerprint density at radius 3 is 2.24 bits per heavy atom. The SMILES string of the molecule is CC(C)(C)c1cc(N2CCN(Cc3ccccc3)CC2)nc(SCc2ccc(C(=O)O)cc2)n1. The van der Waals surface area contributed by atoms with Gasteiger partial charge in [0.2, 0.25) is 0 Å². The predicted octanol–water partition coefficient (Wildman–Crippen LogP) is 5.09. The minimum atomic E-state index is -0.908. The highest BCUT2D eigenvalue weighted by molar-refractivity contribution is 7.98. The number of rotatable bonds is 7. The fraction of sp³-hybridized carbons (Fsp3) is 0.370. The number of benzene rings is 2. The molecule has 0 bridgehead atoms. The van der Waals surface area contributed by atoms with Gasteiger partial charge in [-0.05, 0) is 23.3 Å². The van der Waals surface area contributed by atoms with E-state index >= 15 is 0 Å². The van der Waals surface area contributed by atoms with Crippen molar-refractivity contribution in [3.8, 4) is 0 Å². The normalized spacial score (nSPS) is 14.9. The molecule has 0 unspecified atom stereocenters. The first-order chi connectivity index (χ1) is 16.3. The van der Waals surface area contributed by atoms with Gasteiger partial charge in [0.05, 0.1) is 11.3 Å². The maximum absolute atomic E-state index is 11.1. The summed E-state index contributed by atoms with van der Waals surface area (Å²) in [5.74, 6) is 0.773. The molecule has 3 aromatic rings. The standard InChI is InChI=1S/C27H32N4O2S/c1-27(2,3)23-17-24(31-15-13-30(14-16-31)18-20-7-5-4-6-8-20)29-26(28-23)34-19-21-9-11-22(12-10-21)25(32)33/h4-12,17H,13-16,18-19H2,1-3H3,(H,32,33). The average Bonchev–Trinajstić information content (AvgIpc) is 2.83. The molecule has 34 heavy (non-hydrogen) atoms. The van der Waals surface area contributed by atoms with Crippen LogP contribution >= 0.6 is 11.8 Å². The Kier molecular flexibility index (Phi) is 7.54. The second kappa shape index (κ2) is 10.6. The minimum absolute atomic E-state index is 0.0781. The minimum Gasteiger partial charge on any atom is -0.478 e. The highest BCUT2D eigenvalue weighted by atomic mass is 32.2. The fourth-order valence-corrected chi connectivity index (χ4v) is 4.70. The molecule has 2 heterocycles. The van der Waals surface area contributed by atoms with E-state index in [0.717, 1.165) is 55.0 Å². The van der Waals surface area contributed by atoms with Crippen LogP contribution in [0, 0.1) is 0 Å². The van der Waals surface area contributed by atoms with Gasteiger partial charge in [0, 0.05) is 50.0 Å². The third-order valence-electron chi connectivity index (χ3n) is 5.97. The van der Waals surface area contributed by atoms with Crippen molar-refractivity contribution in [2.75, 3.05) is 31.1 Å². The van der Waals surface area contributed by atoms with E-state index in [2.05, 4.69) is 67.0 Å². The van der Waals surface area contributed by atoms with Crippen molar-refractivity contribution >= 4 is 23.5 Å². The Balaban J connectivity index is 1.44. The third kappa shape index (κ3) is 6.36. The molecule has 1 aliphatic heterocycles. The van der Waals surface area contributed by atoms with Crippen molar-refractivity contribution in [3.63, 3.8) is 0 Å². The molecule has 1 aromatic heterocycles. The summed E-state index contributed by atoms with van der Waals surface area (Å²) in [4.78, 5) is 25.7. The third-order valence-corrected chi connectivity index (χ3v) is 6.89. The van der Waals surface area contributed by atoms with Crippen molar-refractivity contribution < 1.29 is 9.90 Å². The predicted molar refractivity (Wildman–Crippen MR) is 138 cm³/mol. The molecule has 1 N–H and O–H groups in total. The summed E-state index contributed by atoms with van der Waals surface area (Å²) in [6, 6.07) is 19.8. The molecular formula is C27H32N4O2S. The van der Waals surface area contributed by atoms with Crippen LogP contribution < -0.4 is 4.90 Å². The molecule has 178 valence electrons. The zero-order valence-corrected chi connectivity index (χ0v) is 20.9. The van der Waals surface area contributed by atoms with E-state index in [-0.39, 0.29) is 5.41 Å². The van der Waals surface area contributed by atoms with Gasteiger partial charge in [-0.1, -0.05) is 75.0 Å². The van der Waals surface area contributed by atoms with E-state index in [1.54, 1.807) is 23.9 Å². The van der Waals surface area contributed by atoms with Gasteiger partial charge in [0.15, 0.2) is 5.16 Å². The highest BCUT2D eigenvalue weighted by Gasteiger charge is 2.23. The first kappa shape index (κ1) is 24.2. The van der Waals surface area contributed by atoms with Crippen LogP contribution in [0.2, 0.25) is 0 Å². The molecule has 4 rings (SSSR count). The summed E-state index contributed by atoms with van der Waals surface area (Å²) in [5.41, 5.74) is 3.66. The van der Waals surface area contributed by atoms with E-state index in [9.17, 15) is 4.79 Å². The highest BCUT2D eigenvalue weighted by Crippen LogP contribution is 2.29. The van der Waals surface area contributed by atoms with Crippen LogP contribution in [0.1, 0.15) is 48.0 Å². The summed E-state index contributed by atoms with van der Waals surface area (Å²) in [6.07, 6.45) is 0. The van der Waals surface area contributed by atoms with Gasteiger partial charge >= 0.3 is 5.97 Å². The lowest BCUT2D eigenvalue weighted by molar-refractivity contribution is 0.0697. The first-order valence-corrected chi connectivity index (χ1v) is 12.6. The number of carboxylic acid groups (broad SMARTS) is 1. The topological polar surface area (TPSA) is 69.6 Å². The van der Waals surface area contributed by atoms with Gasteiger partial charge < -0.3 is 10.0 Å². The number of aromatic nitrogens is 2. The van der Waals surface area contributed by atoms with Crippen LogP contribution in [0.15, 0.2) is 65.8 Å². The Morgan fingerprint density at radius 1 is 0.941 bits per heavy atom. The number of aromatic carboxylic acids is 1. The van der Waals surface area contributed by atoms with Crippen molar-refractivity contribution in [1.29, 1.82) is 0 Å². The van der Waals surface area contributed by atoms with Gasteiger partial charge in [-0.3, -0.25) is 4.90 Å². The van der Waals surface area contributed by atoms with E-state index < -0.39 is 5.97 Å². The second-order valence-corrected chi connectivity index (χ2v) is 10.6. The molecule has 0 amide bonds. The number of anilines is 1. The molecule has 0 aliphatic carbocycles. The van der Waals surface area contributed by atoms with Crippen molar-refractivity contribution in [1.82, 2.24) is 14.9 Å². The zero-order valence-electron chi connectivity index (χ0n) is 20.1. The number of nitrogens with zero attached hydrogens (tertiary/aromatic N) is 4. The largest absolute Gasteiger partial charge is 0.478 e. The van der Waals surface area contributed by atoms with Crippen LogP contribution in [0.4, 0.5) is 5.82 Å². The lowest BCUT2D eigenvalue weighted by Gasteiger charge is -2.36. The Bertz CT molecular complexity index is 1110. The number of carbonyl (C=O) groups is 1. The van der Waals surface area contributed by atoms with Crippen molar-refractivity contribution in [3.05, 3.63) is 83.0 Å². The number of hydrogen-bond donors (Lipinski definition) is 1. The lowest BCUT2D eigenvalue weighted by Crippen LogP contribution is -2.46. The Morgan fingerprint density at radius 2 is 1.62 bits per heavy atom. The summed E-state index contributed by atoms with van der Waals surface area (Å²) in [7, 11) is 0. The van der Waals surface area contributed by atoms with Gasteiger partial charge in [-0.15, -0.1) is 0 Å². The molecule has 1 aliphatic rings. The maximum atomic E-state index is 11.1. The van der Waals surface area contributed by atoms with Crippen molar-refractivity contribution in [2.24, 2.45) is 0 Å². The molecule has 0 spiro atoms. The number of carboxylic acids is 1. The Labute approximate surface area is 206 Å². The number of piperazine rings is 1. The van der Waals surface area contributed by atoms with Crippen LogP contribution in [0.25, 0.3) is 0 Å². The summed E-state index contributed by atoms with van der Waals surface area (Å²) in [5, 5.41) is 9.86. The van der Waals surface area contributed by atoms with Gasteiger partial charge in [-0.25, -0.2) is 14.8 Å². The van der Waals surface area contributed by atoms with Crippen molar-refractivity contribution in [2.45, 2.75) is 43.6 Å². The Hall–Kier alpha value is -2.90. The number of thioether (sulfide) groups is 1. The summed E-state index contributed by atoms with van der Waals surface area (Å²) < 4.78 is 0. The van der Waals surface area contributed by atoms with E-state index in [1.165, 1.54) is 5.56 Å². The van der Waals surface area contributed by atoms with Crippen LogP contribution in [0.3, 0.4) is 0 Å². The average molecular weight is 477 g/mol. The second-order valence-electron chi connectivity index (χ2n) is 9.68. The maximum Gasteiger partial charge on any atom is 0.335 e. The first-order valence-electron chi connectivity index (χ1n) is 11.6.